The quantitative estimate of drug-likeness (QED) is 0.442. The van der Waals surface area contributed by atoms with E-state index in [0.29, 0.717) is 23.6 Å². The van der Waals surface area contributed by atoms with Gasteiger partial charge in [-0.25, -0.2) is 4.98 Å². The van der Waals surface area contributed by atoms with Crippen molar-refractivity contribution in [1.82, 2.24) is 15.3 Å². The molecule has 5 rings (SSSR count). The molecule has 7 nitrogen and oxygen atoms in total. The van der Waals surface area contributed by atoms with E-state index in [9.17, 15) is 9.90 Å². The van der Waals surface area contributed by atoms with Crippen LogP contribution in [0.15, 0.2) is 60.8 Å². The van der Waals surface area contributed by atoms with E-state index < -0.39 is 6.10 Å². The van der Waals surface area contributed by atoms with Gasteiger partial charge in [-0.1, -0.05) is 35.6 Å². The number of amides is 1. The molecule has 0 aliphatic heterocycles. The van der Waals surface area contributed by atoms with Gasteiger partial charge in [-0.05, 0) is 29.3 Å². The second kappa shape index (κ2) is 7.98. The molecule has 0 saturated carbocycles. The average Bonchev–Trinajstić information content (AvgIpc) is 3.33. The molecule has 1 aliphatic carbocycles. The number of aromatic nitrogens is 2. The SMILES string of the molecule is CNC(=O)c1cc(Oc2ccc3nc(N[C@H]4c5ccccc5C[C@H]4O)sc3c2)ccn1. The van der Waals surface area contributed by atoms with Gasteiger partial charge in [0.05, 0.1) is 22.4 Å². The van der Waals surface area contributed by atoms with Crippen LogP contribution >= 0.6 is 11.3 Å². The Morgan fingerprint density at radius 3 is 2.87 bits per heavy atom. The molecule has 0 bridgehead atoms. The second-order valence-electron chi connectivity index (χ2n) is 7.30. The lowest BCUT2D eigenvalue weighted by Crippen LogP contribution is -2.20. The number of aliphatic hydroxyl groups is 1. The van der Waals surface area contributed by atoms with Gasteiger partial charge in [0.15, 0.2) is 5.13 Å². The number of anilines is 1. The van der Waals surface area contributed by atoms with Gasteiger partial charge in [0.1, 0.15) is 17.2 Å². The fourth-order valence-electron chi connectivity index (χ4n) is 3.77. The molecule has 1 aliphatic rings. The number of nitrogens with zero attached hydrogens (tertiary/aromatic N) is 2. The number of nitrogens with one attached hydrogen (secondary N) is 2. The van der Waals surface area contributed by atoms with Gasteiger partial charge in [0, 0.05) is 31.8 Å². The first-order valence-electron chi connectivity index (χ1n) is 9.90. The normalized spacial score (nSPS) is 17.4. The fourth-order valence-corrected chi connectivity index (χ4v) is 4.71. The summed E-state index contributed by atoms with van der Waals surface area (Å²) in [6.07, 6.45) is 1.70. The minimum Gasteiger partial charge on any atom is -0.457 e. The molecule has 2 aromatic heterocycles. The number of hydrogen-bond donors (Lipinski definition) is 3. The van der Waals surface area contributed by atoms with Crippen LogP contribution in [0, 0.1) is 0 Å². The Morgan fingerprint density at radius 1 is 1.16 bits per heavy atom. The first-order chi connectivity index (χ1) is 15.1. The van der Waals surface area contributed by atoms with E-state index in [0.717, 1.165) is 26.5 Å². The summed E-state index contributed by atoms with van der Waals surface area (Å²) in [7, 11) is 1.56. The number of carbonyl (C=O) groups excluding carboxylic acids is 1. The van der Waals surface area contributed by atoms with Gasteiger partial charge in [-0.3, -0.25) is 9.78 Å². The van der Waals surface area contributed by atoms with Crippen molar-refractivity contribution in [3.05, 3.63) is 77.6 Å². The Hall–Kier alpha value is -3.49. The van der Waals surface area contributed by atoms with Gasteiger partial charge in [-0.15, -0.1) is 0 Å². The Balaban J connectivity index is 1.37. The molecule has 2 atom stereocenters. The molecule has 2 heterocycles. The number of thiazole rings is 1. The van der Waals surface area contributed by atoms with Gasteiger partial charge in [-0.2, -0.15) is 0 Å². The molecular weight excluding hydrogens is 412 g/mol. The summed E-state index contributed by atoms with van der Waals surface area (Å²) in [5, 5.41) is 17.2. The maximum Gasteiger partial charge on any atom is 0.269 e. The molecule has 2 aromatic carbocycles. The molecule has 4 aromatic rings. The molecule has 8 heteroatoms. The smallest absolute Gasteiger partial charge is 0.269 e. The van der Waals surface area contributed by atoms with Gasteiger partial charge in [0.25, 0.3) is 5.91 Å². The maximum absolute atomic E-state index is 11.8. The Labute approximate surface area is 182 Å². The number of benzene rings is 2. The molecular formula is C23H20N4O3S. The maximum atomic E-state index is 11.8. The first kappa shape index (κ1) is 19.5. The highest BCUT2D eigenvalue weighted by molar-refractivity contribution is 7.22. The van der Waals surface area contributed by atoms with Crippen molar-refractivity contribution in [3.8, 4) is 11.5 Å². The van der Waals surface area contributed by atoms with Crippen molar-refractivity contribution in [2.24, 2.45) is 0 Å². The van der Waals surface area contributed by atoms with Crippen molar-refractivity contribution in [1.29, 1.82) is 0 Å². The minimum atomic E-state index is -0.482. The zero-order chi connectivity index (χ0) is 21.4. The largest absolute Gasteiger partial charge is 0.457 e. The van der Waals surface area contributed by atoms with E-state index in [2.05, 4.69) is 26.7 Å². The molecule has 1 amide bonds. The van der Waals surface area contributed by atoms with Crippen molar-refractivity contribution in [3.63, 3.8) is 0 Å². The van der Waals surface area contributed by atoms with Crippen LogP contribution in [0.2, 0.25) is 0 Å². The Morgan fingerprint density at radius 2 is 2.00 bits per heavy atom. The number of pyridine rings is 1. The lowest BCUT2D eigenvalue weighted by Gasteiger charge is -2.16. The summed E-state index contributed by atoms with van der Waals surface area (Å²) in [6, 6.07) is 16.9. The number of hydrogen-bond acceptors (Lipinski definition) is 7. The van der Waals surface area contributed by atoms with Crippen LogP contribution in [0.3, 0.4) is 0 Å². The van der Waals surface area contributed by atoms with E-state index >= 15 is 0 Å². The van der Waals surface area contributed by atoms with Gasteiger partial charge < -0.3 is 20.5 Å². The lowest BCUT2D eigenvalue weighted by atomic mass is 10.1. The highest BCUT2D eigenvalue weighted by Crippen LogP contribution is 2.37. The van der Waals surface area contributed by atoms with Gasteiger partial charge >= 0.3 is 0 Å². The fraction of sp³-hybridized carbons (Fsp3) is 0.174. The summed E-state index contributed by atoms with van der Waals surface area (Å²) >= 11 is 1.51. The number of ether oxygens (including phenoxy) is 1. The van der Waals surface area contributed by atoms with E-state index in [1.165, 1.54) is 17.5 Å². The van der Waals surface area contributed by atoms with Crippen LogP contribution in [-0.2, 0) is 6.42 Å². The van der Waals surface area contributed by atoms with Crippen LogP contribution < -0.4 is 15.4 Å². The van der Waals surface area contributed by atoms with E-state index in [1.807, 2.05) is 36.4 Å². The zero-order valence-electron chi connectivity index (χ0n) is 16.7. The van der Waals surface area contributed by atoms with Crippen LogP contribution in [0.4, 0.5) is 5.13 Å². The third kappa shape index (κ3) is 3.83. The molecule has 0 unspecified atom stereocenters. The van der Waals surface area contributed by atoms with Gasteiger partial charge in [0.2, 0.25) is 0 Å². The molecule has 0 spiro atoms. The summed E-state index contributed by atoms with van der Waals surface area (Å²) in [5.74, 6) is 0.902. The predicted octanol–water partition coefficient (Wildman–Crippen LogP) is 3.91. The van der Waals surface area contributed by atoms with Crippen LogP contribution in [0.25, 0.3) is 10.2 Å². The van der Waals surface area contributed by atoms with E-state index in [4.69, 9.17) is 4.74 Å². The van der Waals surface area contributed by atoms with Crippen LogP contribution in [0.5, 0.6) is 11.5 Å². The summed E-state index contributed by atoms with van der Waals surface area (Å²) in [6.45, 7) is 0. The summed E-state index contributed by atoms with van der Waals surface area (Å²) in [5.41, 5.74) is 3.42. The highest BCUT2D eigenvalue weighted by Gasteiger charge is 2.31. The lowest BCUT2D eigenvalue weighted by molar-refractivity contribution is 0.0958. The molecule has 31 heavy (non-hydrogen) atoms. The summed E-state index contributed by atoms with van der Waals surface area (Å²) < 4.78 is 6.89. The number of aliphatic hydroxyl groups excluding tert-OH is 1. The first-order valence-corrected chi connectivity index (χ1v) is 10.7. The molecule has 156 valence electrons. The molecule has 0 saturated heterocycles. The van der Waals surface area contributed by atoms with Crippen molar-refractivity contribution in [2.45, 2.75) is 18.6 Å². The van der Waals surface area contributed by atoms with Crippen molar-refractivity contribution >= 4 is 32.6 Å². The van der Waals surface area contributed by atoms with Crippen molar-refractivity contribution < 1.29 is 14.6 Å². The monoisotopic (exact) mass is 432 g/mol. The van der Waals surface area contributed by atoms with E-state index in [1.54, 1.807) is 19.2 Å². The summed E-state index contributed by atoms with van der Waals surface area (Å²) in [4.78, 5) is 20.5. The molecule has 3 N–H and O–H groups in total. The molecule has 0 fully saturated rings. The molecule has 0 radical (unpaired) electrons. The third-order valence-corrected chi connectivity index (χ3v) is 6.22. The standard InChI is InChI=1S/C23H20N4O3S/c1-24-22(29)18-11-15(8-9-25-18)30-14-6-7-17-20(12-14)31-23(26-17)27-21-16-5-3-2-4-13(16)10-19(21)28/h2-9,11-12,19,21,28H,10H2,1H3,(H,24,29)(H,26,27)/t19-,21+/m1/s1. The Bertz CT molecular complexity index is 1270. The third-order valence-electron chi connectivity index (χ3n) is 5.27. The zero-order valence-corrected chi connectivity index (χ0v) is 17.5. The van der Waals surface area contributed by atoms with Crippen molar-refractivity contribution in [2.75, 3.05) is 12.4 Å². The topological polar surface area (TPSA) is 96.4 Å². The predicted molar refractivity (Wildman–Crippen MR) is 120 cm³/mol. The number of carbonyl (C=O) groups is 1. The second-order valence-corrected chi connectivity index (χ2v) is 8.33. The Kier molecular flexibility index (Phi) is 5.01. The van der Waals surface area contributed by atoms with E-state index in [-0.39, 0.29) is 11.9 Å². The van der Waals surface area contributed by atoms with Crippen LogP contribution in [-0.4, -0.2) is 34.1 Å². The van der Waals surface area contributed by atoms with Crippen LogP contribution in [0.1, 0.15) is 27.7 Å². The minimum absolute atomic E-state index is 0.174. The highest BCUT2D eigenvalue weighted by atomic mass is 32.1. The number of rotatable bonds is 5. The average molecular weight is 433 g/mol. The number of fused-ring (bicyclic) bond motifs is 2.